The summed E-state index contributed by atoms with van der Waals surface area (Å²) < 4.78 is 29.2. The molecule has 0 N–H and O–H groups in total. The van der Waals surface area contributed by atoms with Crippen molar-refractivity contribution in [2.24, 2.45) is 0 Å². The molecule has 0 aliphatic carbocycles. The third kappa shape index (κ3) is 5.00. The molecule has 2 aromatic carbocycles. The average Bonchev–Trinajstić information content (AvgIpc) is 3.27. The summed E-state index contributed by atoms with van der Waals surface area (Å²) in [6, 6.07) is 18.5. The van der Waals surface area contributed by atoms with Crippen molar-refractivity contribution < 1.29 is 13.2 Å². The van der Waals surface area contributed by atoms with Gasteiger partial charge in [-0.2, -0.15) is 4.31 Å². The number of imidazole rings is 1. The molecule has 33 heavy (non-hydrogen) atoms. The van der Waals surface area contributed by atoms with Gasteiger partial charge in [0, 0.05) is 32.7 Å². The van der Waals surface area contributed by atoms with Gasteiger partial charge in [-0.1, -0.05) is 60.3 Å². The number of nitrogens with zero attached hydrogens (tertiary/aromatic N) is 4. The first-order valence-corrected chi connectivity index (χ1v) is 13.4. The lowest BCUT2D eigenvalue weighted by molar-refractivity contribution is -0.131. The number of thioether (sulfide) groups is 1. The van der Waals surface area contributed by atoms with Gasteiger partial charge in [-0.15, -0.1) is 0 Å². The highest BCUT2D eigenvalue weighted by molar-refractivity contribution is 8.00. The zero-order chi connectivity index (χ0) is 23.4. The van der Waals surface area contributed by atoms with Gasteiger partial charge in [-0.05, 0) is 31.5 Å². The Hall–Kier alpha value is -2.62. The lowest BCUT2D eigenvalue weighted by Gasteiger charge is -2.35. The highest BCUT2D eigenvalue weighted by atomic mass is 32.2. The molecule has 0 saturated carbocycles. The zero-order valence-corrected chi connectivity index (χ0v) is 20.4. The van der Waals surface area contributed by atoms with Gasteiger partial charge in [0.2, 0.25) is 15.9 Å². The van der Waals surface area contributed by atoms with Gasteiger partial charge in [-0.25, -0.2) is 13.4 Å². The second kappa shape index (κ2) is 10.1. The summed E-state index contributed by atoms with van der Waals surface area (Å²) in [7, 11) is -3.54. The van der Waals surface area contributed by atoms with E-state index in [0.717, 1.165) is 23.0 Å². The standard InChI is InChI=1S/C24H28N4O3S2/c1-3-28-22(20-10-6-4-7-11-20)18-25-24(28)32-19(2)23(29)26-14-16-27(17-15-26)33(30,31)21-12-8-5-9-13-21/h4-13,18-19H,3,14-17H2,1-2H3/t19-/m0/s1. The van der Waals surface area contributed by atoms with E-state index >= 15 is 0 Å². The van der Waals surface area contributed by atoms with E-state index in [1.54, 1.807) is 35.2 Å². The van der Waals surface area contributed by atoms with E-state index in [4.69, 9.17) is 0 Å². The molecule has 1 aliphatic rings. The SMILES string of the molecule is CCn1c(-c2ccccc2)cnc1S[C@@H](C)C(=O)N1CCN(S(=O)(=O)c2ccccc2)CC1. The smallest absolute Gasteiger partial charge is 0.243 e. The monoisotopic (exact) mass is 484 g/mol. The molecule has 0 radical (unpaired) electrons. The van der Waals surface area contributed by atoms with E-state index in [1.807, 2.05) is 31.3 Å². The number of rotatable bonds is 7. The normalized spacial score (nSPS) is 16.0. The first-order valence-electron chi connectivity index (χ1n) is 11.0. The van der Waals surface area contributed by atoms with E-state index in [9.17, 15) is 13.2 Å². The van der Waals surface area contributed by atoms with Crippen molar-refractivity contribution in [2.75, 3.05) is 26.2 Å². The third-order valence-corrected chi connectivity index (χ3v) is 8.77. The van der Waals surface area contributed by atoms with Crippen LogP contribution in [0.4, 0.5) is 0 Å². The van der Waals surface area contributed by atoms with Crippen molar-refractivity contribution in [3.8, 4) is 11.3 Å². The van der Waals surface area contributed by atoms with Crippen LogP contribution < -0.4 is 0 Å². The summed E-state index contributed by atoms with van der Waals surface area (Å²) in [6.07, 6.45) is 1.85. The average molecular weight is 485 g/mol. The molecule has 1 aromatic heterocycles. The van der Waals surface area contributed by atoms with E-state index in [1.165, 1.54) is 16.1 Å². The minimum Gasteiger partial charge on any atom is -0.339 e. The van der Waals surface area contributed by atoms with Gasteiger partial charge >= 0.3 is 0 Å². The molecule has 7 nitrogen and oxygen atoms in total. The molecule has 2 heterocycles. The highest BCUT2D eigenvalue weighted by Crippen LogP contribution is 2.29. The molecule has 3 aromatic rings. The first kappa shape index (κ1) is 23.5. The van der Waals surface area contributed by atoms with Gasteiger partial charge < -0.3 is 9.47 Å². The molecule has 1 fully saturated rings. The number of sulfonamides is 1. The molecular weight excluding hydrogens is 456 g/mol. The van der Waals surface area contributed by atoms with Crippen molar-refractivity contribution in [1.82, 2.24) is 18.8 Å². The maximum Gasteiger partial charge on any atom is 0.243 e. The maximum absolute atomic E-state index is 13.1. The van der Waals surface area contributed by atoms with Crippen LogP contribution in [-0.2, 0) is 21.4 Å². The Kier molecular flexibility index (Phi) is 7.21. The number of benzene rings is 2. The summed E-state index contributed by atoms with van der Waals surface area (Å²) >= 11 is 1.44. The molecule has 1 saturated heterocycles. The third-order valence-electron chi connectivity index (χ3n) is 5.77. The van der Waals surface area contributed by atoms with Crippen LogP contribution >= 0.6 is 11.8 Å². The van der Waals surface area contributed by atoms with Crippen molar-refractivity contribution in [2.45, 2.75) is 35.7 Å². The Labute approximate surface area is 199 Å². The molecule has 1 atom stereocenters. The maximum atomic E-state index is 13.1. The summed E-state index contributed by atoms with van der Waals surface area (Å²) in [5, 5.41) is 0.487. The molecule has 174 valence electrons. The van der Waals surface area contributed by atoms with E-state index < -0.39 is 10.0 Å². The number of amides is 1. The zero-order valence-electron chi connectivity index (χ0n) is 18.8. The quantitative estimate of drug-likeness (QED) is 0.479. The minimum atomic E-state index is -3.54. The Balaban J connectivity index is 1.40. The molecule has 1 amide bonds. The predicted octanol–water partition coefficient (Wildman–Crippen LogP) is 3.58. The van der Waals surface area contributed by atoms with Crippen LogP contribution in [0.25, 0.3) is 11.3 Å². The number of piperazine rings is 1. The van der Waals surface area contributed by atoms with Gasteiger partial charge in [-0.3, -0.25) is 4.79 Å². The second-order valence-corrected chi connectivity index (χ2v) is 11.1. The Morgan fingerprint density at radius 2 is 1.61 bits per heavy atom. The van der Waals surface area contributed by atoms with Crippen LogP contribution in [0.15, 0.2) is 76.9 Å². The van der Waals surface area contributed by atoms with E-state index in [2.05, 4.69) is 28.6 Å². The molecule has 4 rings (SSSR count). The fraction of sp³-hybridized carbons (Fsp3) is 0.333. The lowest BCUT2D eigenvalue weighted by atomic mass is 10.2. The van der Waals surface area contributed by atoms with Gasteiger partial charge in [0.1, 0.15) is 0 Å². The fourth-order valence-electron chi connectivity index (χ4n) is 3.95. The van der Waals surface area contributed by atoms with Crippen molar-refractivity contribution in [3.63, 3.8) is 0 Å². The largest absolute Gasteiger partial charge is 0.339 e. The van der Waals surface area contributed by atoms with Crippen molar-refractivity contribution in [3.05, 3.63) is 66.9 Å². The van der Waals surface area contributed by atoms with E-state index in [0.29, 0.717) is 26.2 Å². The summed E-state index contributed by atoms with van der Waals surface area (Å²) in [5.41, 5.74) is 2.12. The molecule has 0 bridgehead atoms. The van der Waals surface area contributed by atoms with Crippen LogP contribution in [0, 0.1) is 0 Å². The molecular formula is C24H28N4O3S2. The molecule has 1 aliphatic heterocycles. The fourth-order valence-corrected chi connectivity index (χ4v) is 6.43. The summed E-state index contributed by atoms with van der Waals surface area (Å²) in [5.74, 6) is 0.00340. The van der Waals surface area contributed by atoms with Crippen molar-refractivity contribution in [1.29, 1.82) is 0 Å². The Morgan fingerprint density at radius 3 is 2.21 bits per heavy atom. The van der Waals surface area contributed by atoms with Crippen LogP contribution in [0.1, 0.15) is 13.8 Å². The molecule has 0 spiro atoms. The minimum absolute atomic E-state index is 0.00340. The Morgan fingerprint density at radius 1 is 1.00 bits per heavy atom. The summed E-state index contributed by atoms with van der Waals surface area (Å²) in [6.45, 7) is 6.06. The molecule has 0 unspecified atom stereocenters. The topological polar surface area (TPSA) is 75.5 Å². The lowest BCUT2D eigenvalue weighted by Crippen LogP contribution is -2.52. The van der Waals surface area contributed by atoms with Crippen LogP contribution in [0.5, 0.6) is 0 Å². The number of hydrogen-bond acceptors (Lipinski definition) is 5. The molecule has 9 heteroatoms. The van der Waals surface area contributed by atoms with Crippen molar-refractivity contribution >= 4 is 27.7 Å². The number of carbonyl (C=O) groups is 1. The van der Waals surface area contributed by atoms with E-state index in [-0.39, 0.29) is 16.1 Å². The predicted molar refractivity (Wildman–Crippen MR) is 130 cm³/mol. The van der Waals surface area contributed by atoms with Crippen LogP contribution in [0.3, 0.4) is 0 Å². The summed E-state index contributed by atoms with van der Waals surface area (Å²) in [4.78, 5) is 19.7. The van der Waals surface area contributed by atoms with Crippen LogP contribution in [-0.4, -0.2) is 64.5 Å². The highest BCUT2D eigenvalue weighted by Gasteiger charge is 2.32. The number of carbonyl (C=O) groups excluding carboxylic acids is 1. The van der Waals surface area contributed by atoms with Gasteiger partial charge in [0.15, 0.2) is 5.16 Å². The van der Waals surface area contributed by atoms with Crippen LogP contribution in [0.2, 0.25) is 0 Å². The van der Waals surface area contributed by atoms with Gasteiger partial charge in [0.25, 0.3) is 0 Å². The number of hydrogen-bond donors (Lipinski definition) is 0. The number of aromatic nitrogens is 2. The first-order chi connectivity index (χ1) is 15.9. The Bertz CT molecular complexity index is 1190. The van der Waals surface area contributed by atoms with Gasteiger partial charge in [0.05, 0.1) is 22.0 Å². The second-order valence-electron chi connectivity index (χ2n) is 7.84.